The first-order chi connectivity index (χ1) is 17.5. The zero-order chi connectivity index (χ0) is 25.5. The monoisotopic (exact) mass is 601 g/mol. The van der Waals surface area contributed by atoms with Crippen LogP contribution in [0.5, 0.6) is 0 Å². The van der Waals surface area contributed by atoms with Crippen LogP contribution in [-0.4, -0.2) is 65.8 Å². The number of nitrogens with zero attached hydrogens (tertiary/aromatic N) is 6. The Morgan fingerprint density at radius 2 is 1.86 bits per heavy atom. The first-order valence-corrected chi connectivity index (χ1v) is 13.9. The molecular weight excluding hydrogens is 571 g/mol. The molecule has 11 heteroatoms. The van der Waals surface area contributed by atoms with Crippen molar-refractivity contribution in [2.24, 2.45) is 0 Å². The zero-order valence-electron chi connectivity index (χ0n) is 20.4. The Hall–Kier alpha value is -3.45. The summed E-state index contributed by atoms with van der Waals surface area (Å²) in [7, 11) is 3.77. The van der Waals surface area contributed by atoms with E-state index in [1.54, 1.807) is 19.5 Å². The number of hydrogen-bond acceptors (Lipinski definition) is 9. The van der Waals surface area contributed by atoms with Crippen molar-refractivity contribution in [3.8, 4) is 11.3 Å². The fourth-order valence-corrected chi connectivity index (χ4v) is 5.13. The first kappa shape index (κ1) is 25.6. The van der Waals surface area contributed by atoms with Gasteiger partial charge in [0.2, 0.25) is 5.91 Å². The number of halogens is 1. The van der Waals surface area contributed by atoms with Gasteiger partial charge < -0.3 is 0 Å². The molecule has 1 aliphatic heterocycles. The summed E-state index contributed by atoms with van der Waals surface area (Å²) in [4.78, 5) is 29.5. The van der Waals surface area contributed by atoms with Crippen molar-refractivity contribution in [1.29, 1.82) is 0 Å². The molecule has 0 spiro atoms. The number of piperazine rings is 1. The molecule has 4 rings (SSSR count). The van der Waals surface area contributed by atoms with Gasteiger partial charge in [-0.2, -0.15) is 0 Å². The molecule has 0 bridgehead atoms. The molecule has 36 heavy (non-hydrogen) atoms. The predicted molar refractivity (Wildman–Crippen MR) is 140 cm³/mol. The van der Waals surface area contributed by atoms with Gasteiger partial charge in [0.15, 0.2) is 0 Å². The number of carbonyl (C=O) groups is 1. The SMILES string of the molecule is C=CC(=O)Nc1cccc(N2CCN(c3cc(-c4cnc(N)nc4)nc(N(C)[I-]COC)c3)CC2)c1. The normalized spacial score (nSPS) is 13.5. The van der Waals surface area contributed by atoms with Crippen molar-refractivity contribution in [1.82, 2.24) is 15.0 Å². The van der Waals surface area contributed by atoms with Crippen molar-refractivity contribution < 1.29 is 31.0 Å². The number of ether oxygens (including phenoxy) is 1. The average molecular weight is 601 g/mol. The summed E-state index contributed by atoms with van der Waals surface area (Å²) in [6.07, 6.45) is 4.69. The minimum absolute atomic E-state index is 0.217. The van der Waals surface area contributed by atoms with Crippen LogP contribution in [0.3, 0.4) is 0 Å². The maximum atomic E-state index is 11.7. The third-order valence-corrected chi connectivity index (χ3v) is 8.15. The van der Waals surface area contributed by atoms with E-state index in [-0.39, 0.29) is 33.3 Å². The van der Waals surface area contributed by atoms with Gasteiger partial charge >= 0.3 is 199 Å². The van der Waals surface area contributed by atoms with Crippen LogP contribution in [0.25, 0.3) is 11.3 Å². The van der Waals surface area contributed by atoms with Gasteiger partial charge in [-0.1, -0.05) is 6.58 Å². The maximum absolute atomic E-state index is 11.7. The number of benzene rings is 1. The molecule has 1 saturated heterocycles. The van der Waals surface area contributed by atoms with E-state index in [0.717, 1.165) is 60.3 Å². The Balaban J connectivity index is 1.53. The number of methoxy groups -OCH3 is 1. The second-order valence-electron chi connectivity index (χ2n) is 8.11. The van der Waals surface area contributed by atoms with E-state index < -0.39 is 0 Å². The molecule has 1 aromatic carbocycles. The van der Waals surface area contributed by atoms with Crippen LogP contribution in [0.4, 0.5) is 28.8 Å². The molecular formula is C25H30IN8O2-. The fourth-order valence-electron chi connectivity index (χ4n) is 3.84. The van der Waals surface area contributed by atoms with Crippen LogP contribution in [0, 0.1) is 0 Å². The number of alkyl halides is 1. The molecule has 0 unspecified atom stereocenters. The molecule has 1 fully saturated rings. The third-order valence-electron chi connectivity index (χ3n) is 5.73. The molecule has 0 radical (unpaired) electrons. The predicted octanol–water partition coefficient (Wildman–Crippen LogP) is -0.384. The van der Waals surface area contributed by atoms with Crippen molar-refractivity contribution in [2.45, 2.75) is 0 Å². The van der Waals surface area contributed by atoms with E-state index in [2.05, 4.69) is 60.0 Å². The van der Waals surface area contributed by atoms with Crippen LogP contribution in [-0.2, 0) is 9.53 Å². The number of aromatic nitrogens is 3. The number of hydrogen-bond donors (Lipinski definition) is 2. The van der Waals surface area contributed by atoms with Gasteiger partial charge in [-0.15, -0.1) is 0 Å². The Labute approximate surface area is 221 Å². The molecule has 10 nitrogen and oxygen atoms in total. The Morgan fingerprint density at radius 3 is 2.53 bits per heavy atom. The summed E-state index contributed by atoms with van der Waals surface area (Å²) in [5.41, 5.74) is 10.3. The van der Waals surface area contributed by atoms with E-state index in [4.69, 9.17) is 15.5 Å². The Kier molecular flexibility index (Phi) is 8.54. The molecule has 3 N–H and O–H groups in total. The summed E-state index contributed by atoms with van der Waals surface area (Å²) in [5, 5.41) is 2.83. The molecule has 2 aromatic heterocycles. The first-order valence-electron chi connectivity index (χ1n) is 11.4. The quantitative estimate of drug-likeness (QED) is 0.147. The van der Waals surface area contributed by atoms with Crippen molar-refractivity contribution >= 4 is 34.7 Å². The number of nitrogens with one attached hydrogen (secondary N) is 1. The Morgan fingerprint density at radius 1 is 1.17 bits per heavy atom. The summed E-state index contributed by atoms with van der Waals surface area (Å²) >= 11 is -0.351. The third kappa shape index (κ3) is 6.40. The standard InChI is InChI=1S/C25H30IN8O2/c1-4-24(35)30-19-6-5-7-20(12-19)33-8-10-34(11-9-33)21-13-22(18-15-28-25(27)29-16-18)31-23(14-21)32(2)26-17-36-3/h4-7,12-16H,1,8-11,17H2,2-3H3,(H,30,35)(H2,27,28,29)/q-1. The van der Waals surface area contributed by atoms with Gasteiger partial charge in [-0.05, 0) is 6.08 Å². The second-order valence-corrected chi connectivity index (χ2v) is 10.9. The number of nitrogens with two attached hydrogens (primary N) is 1. The summed E-state index contributed by atoms with van der Waals surface area (Å²) < 4.78 is 8.20. The average Bonchev–Trinajstić information content (AvgIpc) is 2.92. The number of anilines is 5. The van der Waals surface area contributed by atoms with Gasteiger partial charge in [-0.25, -0.2) is 0 Å². The fraction of sp³-hybridized carbons (Fsp3) is 0.280. The van der Waals surface area contributed by atoms with E-state index >= 15 is 0 Å². The number of nitrogen functional groups attached to an aromatic ring is 1. The van der Waals surface area contributed by atoms with Crippen LogP contribution < -0.4 is 45.4 Å². The summed E-state index contributed by atoms with van der Waals surface area (Å²) in [6.45, 7) is 6.91. The number of pyridine rings is 1. The molecule has 0 saturated carbocycles. The van der Waals surface area contributed by atoms with Crippen LogP contribution in [0.2, 0.25) is 0 Å². The van der Waals surface area contributed by atoms with E-state index in [1.165, 1.54) is 6.08 Å². The Bertz CT molecular complexity index is 1200. The van der Waals surface area contributed by atoms with Crippen LogP contribution in [0.1, 0.15) is 0 Å². The molecule has 0 aliphatic carbocycles. The van der Waals surface area contributed by atoms with E-state index in [1.807, 2.05) is 18.2 Å². The molecule has 1 aliphatic rings. The van der Waals surface area contributed by atoms with Crippen LogP contribution in [0.15, 0.2) is 61.4 Å². The van der Waals surface area contributed by atoms with Gasteiger partial charge in [0, 0.05) is 0 Å². The number of rotatable bonds is 9. The molecule has 3 aromatic rings. The van der Waals surface area contributed by atoms with Gasteiger partial charge in [0.05, 0.1) is 0 Å². The van der Waals surface area contributed by atoms with Gasteiger partial charge in [0.1, 0.15) is 0 Å². The van der Waals surface area contributed by atoms with E-state index in [9.17, 15) is 4.79 Å². The molecule has 1 amide bonds. The number of amides is 1. The van der Waals surface area contributed by atoms with Crippen LogP contribution >= 0.6 is 0 Å². The molecule has 0 atom stereocenters. The topological polar surface area (TPSA) is 113 Å². The van der Waals surface area contributed by atoms with Crippen molar-refractivity contribution in [3.05, 3.63) is 61.4 Å². The molecule has 3 heterocycles. The van der Waals surface area contributed by atoms with Crippen molar-refractivity contribution in [2.75, 3.05) is 68.9 Å². The molecule has 190 valence electrons. The van der Waals surface area contributed by atoms with E-state index in [0.29, 0.717) is 4.61 Å². The van der Waals surface area contributed by atoms with Gasteiger partial charge in [0.25, 0.3) is 0 Å². The number of carbonyl (C=O) groups excluding carboxylic acids is 1. The summed E-state index contributed by atoms with van der Waals surface area (Å²) in [6, 6.07) is 12.1. The zero-order valence-corrected chi connectivity index (χ0v) is 22.6. The summed E-state index contributed by atoms with van der Waals surface area (Å²) in [5.74, 6) is 0.922. The van der Waals surface area contributed by atoms with Gasteiger partial charge in [-0.3, -0.25) is 4.79 Å². The minimum atomic E-state index is -0.351. The second kappa shape index (κ2) is 12.0. The van der Waals surface area contributed by atoms with Crippen molar-refractivity contribution in [3.63, 3.8) is 0 Å².